The minimum absolute atomic E-state index is 0.162. The molecule has 0 aromatic carbocycles. The van der Waals surface area contributed by atoms with Crippen molar-refractivity contribution in [2.24, 2.45) is 5.92 Å². The fourth-order valence-electron chi connectivity index (χ4n) is 1.47. The average molecular weight is 132 g/mol. The van der Waals surface area contributed by atoms with Gasteiger partial charge in [0.15, 0.2) is 0 Å². The van der Waals surface area contributed by atoms with Crippen molar-refractivity contribution in [1.29, 1.82) is 0 Å². The summed E-state index contributed by atoms with van der Waals surface area (Å²) < 4.78 is 12.6. The largest absolute Gasteiger partial charge is 0.393 e. The van der Waals surface area contributed by atoms with Crippen LogP contribution in [0.2, 0.25) is 0 Å². The quantitative estimate of drug-likeness (QED) is 0.603. The van der Waals surface area contributed by atoms with Crippen LogP contribution in [0.5, 0.6) is 0 Å². The van der Waals surface area contributed by atoms with E-state index in [1.807, 2.05) is 0 Å². The molecule has 1 N–H and O–H groups in total. The Morgan fingerprint density at radius 1 is 1.44 bits per heavy atom. The van der Waals surface area contributed by atoms with Gasteiger partial charge >= 0.3 is 0 Å². The van der Waals surface area contributed by atoms with Gasteiger partial charge in [-0.2, -0.15) is 0 Å². The Morgan fingerprint density at radius 3 is 2.44 bits per heavy atom. The summed E-state index contributed by atoms with van der Waals surface area (Å²) in [6.45, 7) is -0.287. The summed E-state index contributed by atoms with van der Waals surface area (Å²) in [5.41, 5.74) is 0. The third kappa shape index (κ3) is 1.65. The lowest BCUT2D eigenvalue weighted by Gasteiger charge is -2.10. The van der Waals surface area contributed by atoms with Crippen LogP contribution in [0.4, 0.5) is 4.39 Å². The molecular weight excluding hydrogens is 119 g/mol. The van der Waals surface area contributed by atoms with Crippen molar-refractivity contribution >= 4 is 0 Å². The normalized spacial score (nSPS) is 24.7. The highest BCUT2D eigenvalue weighted by molar-refractivity contribution is 4.73. The highest BCUT2D eigenvalue weighted by atomic mass is 19.1. The third-order valence-corrected chi connectivity index (χ3v) is 2.09. The standard InChI is InChI=1S/C7H13FO/c8-7(5-9)6-3-1-2-4-6/h6-7,9H,1-5H2. The molecule has 1 rings (SSSR count). The van der Waals surface area contributed by atoms with Crippen molar-refractivity contribution in [3.05, 3.63) is 0 Å². The van der Waals surface area contributed by atoms with Gasteiger partial charge in [0.2, 0.25) is 0 Å². The number of halogens is 1. The summed E-state index contributed by atoms with van der Waals surface area (Å²) in [6.07, 6.45) is 3.28. The summed E-state index contributed by atoms with van der Waals surface area (Å²) in [5.74, 6) is 0.162. The molecule has 0 spiro atoms. The first-order valence-electron chi connectivity index (χ1n) is 3.59. The number of rotatable bonds is 2. The molecule has 54 valence electrons. The number of alkyl halides is 1. The molecule has 0 aromatic heterocycles. The summed E-state index contributed by atoms with van der Waals surface area (Å²) in [4.78, 5) is 0. The second-order valence-corrected chi connectivity index (χ2v) is 2.74. The molecule has 0 aliphatic heterocycles. The SMILES string of the molecule is OCC(F)C1CCCC1. The molecule has 1 unspecified atom stereocenters. The van der Waals surface area contributed by atoms with Crippen molar-refractivity contribution < 1.29 is 9.50 Å². The van der Waals surface area contributed by atoms with Gasteiger partial charge < -0.3 is 5.11 Å². The van der Waals surface area contributed by atoms with Crippen LogP contribution in [-0.4, -0.2) is 17.9 Å². The molecule has 1 aliphatic rings. The van der Waals surface area contributed by atoms with Crippen LogP contribution in [0.1, 0.15) is 25.7 Å². The van der Waals surface area contributed by atoms with E-state index in [2.05, 4.69) is 0 Å². The molecule has 9 heavy (non-hydrogen) atoms. The number of hydrogen-bond acceptors (Lipinski definition) is 1. The van der Waals surface area contributed by atoms with E-state index >= 15 is 0 Å². The molecule has 1 atom stereocenters. The second-order valence-electron chi connectivity index (χ2n) is 2.74. The van der Waals surface area contributed by atoms with Crippen LogP contribution in [0.15, 0.2) is 0 Å². The zero-order valence-corrected chi connectivity index (χ0v) is 5.52. The summed E-state index contributed by atoms with van der Waals surface area (Å²) >= 11 is 0. The minimum Gasteiger partial charge on any atom is -0.393 e. The molecule has 1 nitrogen and oxygen atoms in total. The van der Waals surface area contributed by atoms with Gasteiger partial charge in [0.05, 0.1) is 6.61 Å². The molecule has 0 bridgehead atoms. The van der Waals surface area contributed by atoms with Gasteiger partial charge in [0.25, 0.3) is 0 Å². The van der Waals surface area contributed by atoms with Gasteiger partial charge in [-0.1, -0.05) is 12.8 Å². The molecule has 0 radical (unpaired) electrons. The Bertz CT molecular complexity index is 79.0. The molecule has 0 aromatic rings. The maximum absolute atomic E-state index is 12.6. The van der Waals surface area contributed by atoms with Crippen LogP contribution >= 0.6 is 0 Å². The van der Waals surface area contributed by atoms with Crippen molar-refractivity contribution in [3.8, 4) is 0 Å². The number of hydrogen-bond donors (Lipinski definition) is 1. The highest BCUT2D eigenvalue weighted by Gasteiger charge is 2.23. The molecule has 1 fully saturated rings. The summed E-state index contributed by atoms with van der Waals surface area (Å²) in [7, 11) is 0. The molecule has 2 heteroatoms. The van der Waals surface area contributed by atoms with E-state index in [9.17, 15) is 4.39 Å². The van der Waals surface area contributed by atoms with Gasteiger partial charge in [-0.05, 0) is 18.8 Å². The monoisotopic (exact) mass is 132 g/mol. The lowest BCUT2D eigenvalue weighted by molar-refractivity contribution is 0.128. The maximum atomic E-state index is 12.6. The molecule has 0 heterocycles. The van der Waals surface area contributed by atoms with E-state index in [0.717, 1.165) is 25.7 Å². The summed E-state index contributed by atoms with van der Waals surface area (Å²) in [6, 6.07) is 0. The van der Waals surface area contributed by atoms with E-state index < -0.39 is 6.17 Å². The van der Waals surface area contributed by atoms with Gasteiger partial charge in [-0.15, -0.1) is 0 Å². The first-order valence-corrected chi connectivity index (χ1v) is 3.59. The lowest BCUT2D eigenvalue weighted by Crippen LogP contribution is -2.16. The smallest absolute Gasteiger partial charge is 0.126 e. The van der Waals surface area contributed by atoms with Crippen molar-refractivity contribution in [1.82, 2.24) is 0 Å². The maximum Gasteiger partial charge on any atom is 0.126 e. The van der Waals surface area contributed by atoms with Gasteiger partial charge in [-0.3, -0.25) is 0 Å². The molecule has 1 aliphatic carbocycles. The van der Waals surface area contributed by atoms with Crippen LogP contribution in [0, 0.1) is 5.92 Å². The number of aliphatic hydroxyl groups is 1. The molecule has 0 saturated heterocycles. The van der Waals surface area contributed by atoms with E-state index in [1.165, 1.54) is 0 Å². The fraction of sp³-hybridized carbons (Fsp3) is 1.00. The lowest BCUT2D eigenvalue weighted by atomic mass is 10.0. The highest BCUT2D eigenvalue weighted by Crippen LogP contribution is 2.28. The van der Waals surface area contributed by atoms with Gasteiger partial charge in [0, 0.05) is 0 Å². The third-order valence-electron chi connectivity index (χ3n) is 2.09. The Hall–Kier alpha value is -0.110. The zero-order chi connectivity index (χ0) is 6.69. The molecule has 1 saturated carbocycles. The van der Waals surface area contributed by atoms with Gasteiger partial charge in [-0.25, -0.2) is 4.39 Å². The number of aliphatic hydroxyl groups excluding tert-OH is 1. The van der Waals surface area contributed by atoms with Crippen molar-refractivity contribution in [2.45, 2.75) is 31.9 Å². The van der Waals surface area contributed by atoms with Crippen LogP contribution < -0.4 is 0 Å². The Kier molecular flexibility index (Phi) is 2.46. The fourth-order valence-corrected chi connectivity index (χ4v) is 1.47. The Morgan fingerprint density at radius 2 is 2.00 bits per heavy atom. The van der Waals surface area contributed by atoms with Crippen molar-refractivity contribution in [3.63, 3.8) is 0 Å². The predicted octanol–water partition coefficient (Wildman–Crippen LogP) is 1.51. The second kappa shape index (κ2) is 3.16. The van der Waals surface area contributed by atoms with E-state index in [0.29, 0.717) is 0 Å². The topological polar surface area (TPSA) is 20.2 Å². The van der Waals surface area contributed by atoms with E-state index in [4.69, 9.17) is 5.11 Å². The van der Waals surface area contributed by atoms with E-state index in [-0.39, 0.29) is 12.5 Å². The Balaban J connectivity index is 2.24. The van der Waals surface area contributed by atoms with Crippen LogP contribution in [0.3, 0.4) is 0 Å². The Labute approximate surface area is 54.9 Å². The zero-order valence-electron chi connectivity index (χ0n) is 5.52. The summed E-state index contributed by atoms with van der Waals surface area (Å²) in [5, 5.41) is 8.42. The first kappa shape index (κ1) is 7.00. The van der Waals surface area contributed by atoms with Crippen LogP contribution in [-0.2, 0) is 0 Å². The van der Waals surface area contributed by atoms with Crippen LogP contribution in [0.25, 0.3) is 0 Å². The van der Waals surface area contributed by atoms with Gasteiger partial charge in [0.1, 0.15) is 6.17 Å². The first-order chi connectivity index (χ1) is 4.34. The molecular formula is C7H13FO. The van der Waals surface area contributed by atoms with E-state index in [1.54, 1.807) is 0 Å². The molecule has 0 amide bonds. The van der Waals surface area contributed by atoms with Crippen molar-refractivity contribution in [2.75, 3.05) is 6.61 Å². The average Bonchev–Trinajstić information content (AvgIpc) is 2.37. The predicted molar refractivity (Wildman–Crippen MR) is 33.9 cm³/mol. The minimum atomic E-state index is -0.951.